The molecule has 8 nitrogen and oxygen atoms in total. The number of amidine groups is 2. The van der Waals surface area contributed by atoms with Crippen LogP contribution in [0, 0.1) is 6.92 Å². The van der Waals surface area contributed by atoms with Crippen molar-refractivity contribution in [3.63, 3.8) is 0 Å². The van der Waals surface area contributed by atoms with E-state index in [1.807, 2.05) is 59.0 Å². The van der Waals surface area contributed by atoms with Gasteiger partial charge in [0.15, 0.2) is 0 Å². The van der Waals surface area contributed by atoms with Crippen molar-refractivity contribution in [3.05, 3.63) is 41.6 Å². The topological polar surface area (TPSA) is 87.7 Å². The summed E-state index contributed by atoms with van der Waals surface area (Å²) < 4.78 is 7.39. The van der Waals surface area contributed by atoms with Crippen molar-refractivity contribution in [1.82, 2.24) is 15.4 Å². The number of hydrogen-bond acceptors (Lipinski definition) is 7. The average Bonchev–Trinajstić information content (AvgIpc) is 3.07. The van der Waals surface area contributed by atoms with Crippen LogP contribution in [0.2, 0.25) is 0 Å². The number of benzene rings is 1. The van der Waals surface area contributed by atoms with Gasteiger partial charge in [0.2, 0.25) is 0 Å². The minimum Gasteiger partial charge on any atom is -0.741 e. The van der Waals surface area contributed by atoms with Crippen molar-refractivity contribution in [2.45, 2.75) is 27.7 Å². The fraction of sp³-hybridized carbons (Fsp3) is 0.364. The van der Waals surface area contributed by atoms with Crippen LogP contribution in [0.25, 0.3) is 11.3 Å². The van der Waals surface area contributed by atoms with Crippen molar-refractivity contribution in [2.75, 3.05) is 20.2 Å². The fourth-order valence-corrected chi connectivity index (χ4v) is 3.31. The molecule has 0 unspecified atom stereocenters. The molecule has 0 saturated carbocycles. The molecule has 1 aromatic carbocycles. The molecule has 2 rings (SSSR count). The Bertz CT molecular complexity index is 1040. The van der Waals surface area contributed by atoms with Gasteiger partial charge < -0.3 is 34.6 Å². The summed E-state index contributed by atoms with van der Waals surface area (Å²) >= 11 is 10.4. The summed E-state index contributed by atoms with van der Waals surface area (Å²) in [4.78, 5) is 8.29. The summed E-state index contributed by atoms with van der Waals surface area (Å²) in [6.45, 7) is 8.86. The van der Waals surface area contributed by atoms with E-state index in [2.05, 4.69) is 41.7 Å². The van der Waals surface area contributed by atoms with Gasteiger partial charge in [0.25, 0.3) is 0 Å². The molecule has 1 radical (unpaired) electrons. The van der Waals surface area contributed by atoms with Crippen molar-refractivity contribution in [3.8, 4) is 17.0 Å². The first-order chi connectivity index (χ1) is 15.3. The Balaban J connectivity index is 0.00000544. The molecule has 11 heteroatoms. The molecule has 0 aliphatic heterocycles. The van der Waals surface area contributed by atoms with Crippen LogP contribution in [0.1, 0.15) is 32.0 Å². The third-order valence-corrected chi connectivity index (χ3v) is 5.15. The number of hydrogen-bond donors (Lipinski definition) is 2. The molecule has 2 aromatic rings. The molecule has 0 atom stereocenters. The zero-order chi connectivity index (χ0) is 23.7. The molecule has 0 amide bonds. The van der Waals surface area contributed by atoms with E-state index in [-0.39, 0.29) is 17.1 Å². The zero-order valence-electron chi connectivity index (χ0n) is 19.6. The molecule has 0 bridgehead atoms. The average molecular weight is 535 g/mol. The van der Waals surface area contributed by atoms with Gasteiger partial charge in [0.1, 0.15) is 11.5 Å². The summed E-state index contributed by atoms with van der Waals surface area (Å²) in [6, 6.07) is 10.00. The standard InChI is InChI=1S/C22H31N7OS2.Cu/c1-7-23-21(31)27-25-14(3)20(26-28-22(32)24-8-2)18-13-19(29(5)15(18)4)16-9-11-17(30-6)12-10-16;/h9-13H,7-8H2,1-6H3,(H2,23,27,31)(H2,24,28,32);/q;+2/p-2/b25-14+,26-20-;. The molecular weight excluding hydrogens is 506 g/mol. The number of ether oxygens (including phenoxy) is 1. The Morgan fingerprint density at radius 2 is 1.55 bits per heavy atom. The molecule has 0 saturated heterocycles. The number of hydrazone groups is 2. The molecule has 1 heterocycles. The number of rotatable bonds is 8. The second-order valence-electron chi connectivity index (χ2n) is 6.76. The summed E-state index contributed by atoms with van der Waals surface area (Å²) in [5.74, 6) is 0.807. The van der Waals surface area contributed by atoms with Gasteiger partial charge in [-0.15, -0.1) is 0 Å². The fourth-order valence-electron chi connectivity index (χ4n) is 2.96. The van der Waals surface area contributed by atoms with Crippen LogP contribution < -0.4 is 15.6 Å². The van der Waals surface area contributed by atoms with Crippen LogP contribution in [0.3, 0.4) is 0 Å². The first-order valence-electron chi connectivity index (χ1n) is 10.2. The van der Waals surface area contributed by atoms with Gasteiger partial charge in [-0.2, -0.15) is 10.2 Å². The number of aliphatic imine (C=N–C) groups is 2. The maximum atomic E-state index is 5.28. The maximum absolute atomic E-state index is 5.28. The Morgan fingerprint density at radius 3 is 2.06 bits per heavy atom. The van der Waals surface area contributed by atoms with Gasteiger partial charge in [0.05, 0.1) is 12.8 Å². The molecule has 0 aliphatic carbocycles. The second kappa shape index (κ2) is 13.9. The van der Waals surface area contributed by atoms with E-state index in [1.165, 1.54) is 0 Å². The van der Waals surface area contributed by atoms with Crippen LogP contribution in [0.15, 0.2) is 50.5 Å². The van der Waals surface area contributed by atoms with Gasteiger partial charge in [-0.25, -0.2) is 0 Å². The van der Waals surface area contributed by atoms with E-state index < -0.39 is 0 Å². The largest absolute Gasteiger partial charge is 2.00 e. The van der Waals surface area contributed by atoms with E-state index in [1.54, 1.807) is 7.11 Å². The van der Waals surface area contributed by atoms with Crippen molar-refractivity contribution in [2.24, 2.45) is 27.2 Å². The van der Waals surface area contributed by atoms with Crippen molar-refractivity contribution in [1.29, 1.82) is 0 Å². The molecule has 181 valence electrons. The number of aromatic nitrogens is 1. The van der Waals surface area contributed by atoms with Gasteiger partial charge >= 0.3 is 17.1 Å². The molecule has 0 spiro atoms. The molecule has 33 heavy (non-hydrogen) atoms. The molecule has 0 fully saturated rings. The second-order valence-corrected chi connectivity index (χ2v) is 7.53. The molecule has 0 aliphatic rings. The third-order valence-electron chi connectivity index (χ3n) is 4.70. The van der Waals surface area contributed by atoms with Crippen molar-refractivity contribution >= 4 is 47.0 Å². The number of methoxy groups -OCH3 is 1. The predicted molar refractivity (Wildman–Crippen MR) is 139 cm³/mol. The molecule has 1 aromatic heterocycles. The van der Waals surface area contributed by atoms with Crippen LogP contribution in [0.4, 0.5) is 0 Å². The minimum absolute atomic E-state index is 0. The number of nitrogens with one attached hydrogen (secondary N) is 2. The van der Waals surface area contributed by atoms with Crippen LogP contribution >= 0.6 is 0 Å². The minimum atomic E-state index is 0. The first kappa shape index (κ1) is 28.6. The SMILES string of the molecule is CCN=C([S-])N/N=C(C)/C(=N/NC([S-])=NCC)c1cc(-c2ccc(OC)cc2)n(C)c1C.[Cu+2]. The smallest absolute Gasteiger partial charge is 0.741 e. The molecule has 2 N–H and O–H groups in total. The third kappa shape index (κ3) is 7.82. The van der Waals surface area contributed by atoms with Gasteiger partial charge in [-0.05, 0) is 73.9 Å². The van der Waals surface area contributed by atoms with E-state index in [9.17, 15) is 0 Å². The first-order valence-corrected chi connectivity index (χ1v) is 11.0. The maximum Gasteiger partial charge on any atom is 2.00 e. The quantitative estimate of drug-likeness (QED) is 0.179. The van der Waals surface area contributed by atoms with E-state index >= 15 is 0 Å². The van der Waals surface area contributed by atoms with E-state index in [0.29, 0.717) is 34.8 Å². The molecular formula is C22H29CuN7OS2. The Labute approximate surface area is 217 Å². The summed E-state index contributed by atoms with van der Waals surface area (Å²) in [6.07, 6.45) is 0. The monoisotopic (exact) mass is 534 g/mol. The Kier molecular flexibility index (Phi) is 12.1. The van der Waals surface area contributed by atoms with Gasteiger partial charge in [-0.1, -0.05) is 0 Å². The Hall–Kier alpha value is -2.46. The number of nitrogens with zero attached hydrogens (tertiary/aromatic N) is 5. The normalized spacial score (nSPS) is 12.9. The summed E-state index contributed by atoms with van der Waals surface area (Å²) in [5, 5.41) is 9.54. The van der Waals surface area contributed by atoms with Gasteiger partial charge in [0, 0.05) is 37.1 Å². The van der Waals surface area contributed by atoms with E-state index in [4.69, 9.17) is 30.0 Å². The predicted octanol–water partition coefficient (Wildman–Crippen LogP) is 3.11. The van der Waals surface area contributed by atoms with Crippen LogP contribution in [-0.4, -0.2) is 46.5 Å². The van der Waals surface area contributed by atoms with Crippen LogP contribution in [-0.2, 0) is 49.4 Å². The summed E-state index contributed by atoms with van der Waals surface area (Å²) in [5.41, 5.74) is 10.9. The Morgan fingerprint density at radius 1 is 1.00 bits per heavy atom. The van der Waals surface area contributed by atoms with E-state index in [0.717, 1.165) is 28.3 Å². The van der Waals surface area contributed by atoms with Gasteiger partial charge in [-0.3, -0.25) is 20.8 Å². The zero-order valence-corrected chi connectivity index (χ0v) is 22.1. The van der Waals surface area contributed by atoms with Crippen LogP contribution in [0.5, 0.6) is 5.75 Å². The summed E-state index contributed by atoms with van der Waals surface area (Å²) in [7, 11) is 3.67. The van der Waals surface area contributed by atoms with Crippen molar-refractivity contribution < 1.29 is 21.8 Å².